The average Bonchev–Trinajstić information content (AvgIpc) is 2.69. The van der Waals surface area contributed by atoms with E-state index in [0.29, 0.717) is 0 Å². The number of rotatable bonds is 2. The van der Waals surface area contributed by atoms with E-state index in [1.54, 1.807) is 0 Å². The average molecular weight is 222 g/mol. The first-order chi connectivity index (χ1) is 7.59. The van der Waals surface area contributed by atoms with Gasteiger partial charge in [-0.3, -0.25) is 5.41 Å². The monoisotopic (exact) mass is 222 g/mol. The van der Waals surface area contributed by atoms with Gasteiger partial charge in [0.1, 0.15) is 11.5 Å². The molecule has 0 radical (unpaired) electrons. The number of nitrogens with two attached hydrogens (primary N) is 1. The van der Waals surface area contributed by atoms with Crippen molar-refractivity contribution in [2.75, 3.05) is 0 Å². The van der Waals surface area contributed by atoms with E-state index in [4.69, 9.17) is 11.1 Å². The molecule has 3 N–H and O–H groups in total. The highest BCUT2D eigenvalue weighted by Gasteiger charge is 2.13. The molecule has 2 rings (SSSR count). The highest BCUT2D eigenvalue weighted by Crippen LogP contribution is 2.19. The van der Waals surface area contributed by atoms with E-state index in [1.165, 1.54) is 23.3 Å². The number of halogens is 2. The van der Waals surface area contributed by atoms with Gasteiger partial charge in [-0.1, -0.05) is 0 Å². The molecule has 0 aliphatic rings. The Balaban J connectivity index is 2.61. The molecule has 1 aromatic heterocycles. The Morgan fingerprint density at radius 1 is 1.31 bits per heavy atom. The normalized spacial score (nSPS) is 10.4. The lowest BCUT2D eigenvalue weighted by Gasteiger charge is -2.07. The van der Waals surface area contributed by atoms with E-state index in [0.717, 1.165) is 12.1 Å². The fraction of sp³-hybridized carbons (Fsp3) is 0. The fourth-order valence-corrected chi connectivity index (χ4v) is 1.36. The first kappa shape index (κ1) is 10.3. The van der Waals surface area contributed by atoms with Crippen molar-refractivity contribution in [1.29, 1.82) is 5.41 Å². The molecular formula is C10H8F2N4. The highest BCUT2D eigenvalue weighted by molar-refractivity contribution is 5.95. The Morgan fingerprint density at radius 3 is 2.38 bits per heavy atom. The maximum atomic E-state index is 13.6. The lowest BCUT2D eigenvalue weighted by atomic mass is 10.1. The summed E-state index contributed by atoms with van der Waals surface area (Å²) in [5, 5.41) is 7.10. The summed E-state index contributed by atoms with van der Waals surface area (Å²) in [4.78, 5) is 3.70. The zero-order valence-corrected chi connectivity index (χ0v) is 8.11. The van der Waals surface area contributed by atoms with Crippen LogP contribution in [0.15, 0.2) is 30.9 Å². The summed E-state index contributed by atoms with van der Waals surface area (Å²) in [6.45, 7) is 0. The van der Waals surface area contributed by atoms with Crippen molar-refractivity contribution in [2.45, 2.75) is 0 Å². The van der Waals surface area contributed by atoms with Crippen molar-refractivity contribution >= 4 is 5.84 Å². The topological polar surface area (TPSA) is 67.7 Å². The molecule has 2 aromatic rings. The molecule has 16 heavy (non-hydrogen) atoms. The Morgan fingerprint density at radius 2 is 1.94 bits per heavy atom. The van der Waals surface area contributed by atoms with Crippen LogP contribution in [-0.2, 0) is 0 Å². The van der Waals surface area contributed by atoms with Crippen molar-refractivity contribution in [2.24, 2.45) is 5.73 Å². The standard InChI is InChI=1S/C10H8F2N4/c11-7-3-6(10(13)14)4-8(12)9(7)16-2-1-15-5-16/h1-5H,(H3,13,14). The van der Waals surface area contributed by atoms with Gasteiger partial charge in [-0.15, -0.1) is 0 Å². The van der Waals surface area contributed by atoms with Gasteiger partial charge in [0, 0.05) is 18.0 Å². The predicted octanol–water partition coefficient (Wildman–Crippen LogP) is 1.43. The Labute approximate surface area is 89.8 Å². The van der Waals surface area contributed by atoms with Crippen LogP contribution in [-0.4, -0.2) is 15.4 Å². The number of nitrogens with zero attached hydrogens (tertiary/aromatic N) is 2. The lowest BCUT2D eigenvalue weighted by molar-refractivity contribution is 0.568. The molecular weight excluding hydrogens is 214 g/mol. The molecule has 0 aliphatic carbocycles. The van der Waals surface area contributed by atoms with Crippen LogP contribution in [0.25, 0.3) is 5.69 Å². The number of amidine groups is 1. The zero-order chi connectivity index (χ0) is 11.7. The van der Waals surface area contributed by atoms with Gasteiger partial charge in [0.2, 0.25) is 0 Å². The summed E-state index contributed by atoms with van der Waals surface area (Å²) in [5.74, 6) is -1.96. The van der Waals surface area contributed by atoms with Crippen LogP contribution in [0.4, 0.5) is 8.78 Å². The molecule has 1 heterocycles. The van der Waals surface area contributed by atoms with E-state index < -0.39 is 11.6 Å². The van der Waals surface area contributed by atoms with Gasteiger partial charge in [0.05, 0.1) is 6.33 Å². The highest BCUT2D eigenvalue weighted by atomic mass is 19.1. The van der Waals surface area contributed by atoms with Gasteiger partial charge in [-0.25, -0.2) is 13.8 Å². The SMILES string of the molecule is N=C(N)c1cc(F)c(-n2ccnc2)c(F)c1. The minimum atomic E-state index is -0.789. The minimum Gasteiger partial charge on any atom is -0.384 e. The van der Waals surface area contributed by atoms with Gasteiger partial charge in [0.15, 0.2) is 11.6 Å². The quantitative estimate of drug-likeness (QED) is 0.596. The van der Waals surface area contributed by atoms with E-state index in [2.05, 4.69) is 4.98 Å². The van der Waals surface area contributed by atoms with Gasteiger partial charge in [-0.05, 0) is 12.1 Å². The number of nitrogen functional groups attached to an aromatic ring is 1. The van der Waals surface area contributed by atoms with E-state index in [-0.39, 0.29) is 17.1 Å². The van der Waals surface area contributed by atoms with Crippen LogP contribution in [0.3, 0.4) is 0 Å². The third kappa shape index (κ3) is 1.65. The van der Waals surface area contributed by atoms with Gasteiger partial charge < -0.3 is 10.3 Å². The number of nitrogens with one attached hydrogen (secondary N) is 1. The molecule has 82 valence electrons. The summed E-state index contributed by atoms with van der Waals surface area (Å²) < 4.78 is 28.4. The predicted molar refractivity (Wildman–Crippen MR) is 54.5 cm³/mol. The Hall–Kier alpha value is -2.24. The first-order valence-corrected chi connectivity index (χ1v) is 4.41. The third-order valence-corrected chi connectivity index (χ3v) is 2.09. The second-order valence-corrected chi connectivity index (χ2v) is 3.17. The van der Waals surface area contributed by atoms with Crippen LogP contribution in [0.5, 0.6) is 0 Å². The number of benzene rings is 1. The maximum absolute atomic E-state index is 13.6. The van der Waals surface area contributed by atoms with Crippen molar-refractivity contribution < 1.29 is 8.78 Å². The fourth-order valence-electron chi connectivity index (χ4n) is 1.36. The van der Waals surface area contributed by atoms with Gasteiger partial charge in [0.25, 0.3) is 0 Å². The van der Waals surface area contributed by atoms with E-state index >= 15 is 0 Å². The molecule has 0 bridgehead atoms. The summed E-state index contributed by atoms with van der Waals surface area (Å²) in [6, 6.07) is 2.03. The third-order valence-electron chi connectivity index (χ3n) is 2.09. The second kappa shape index (κ2) is 3.73. The van der Waals surface area contributed by atoms with Crippen LogP contribution in [0, 0.1) is 17.0 Å². The van der Waals surface area contributed by atoms with Crippen LogP contribution in [0.2, 0.25) is 0 Å². The lowest BCUT2D eigenvalue weighted by Crippen LogP contribution is -2.13. The molecule has 0 aliphatic heterocycles. The van der Waals surface area contributed by atoms with Crippen molar-refractivity contribution in [3.8, 4) is 5.69 Å². The van der Waals surface area contributed by atoms with Crippen LogP contribution >= 0.6 is 0 Å². The molecule has 0 saturated heterocycles. The van der Waals surface area contributed by atoms with Crippen molar-refractivity contribution in [3.05, 3.63) is 48.1 Å². The van der Waals surface area contributed by atoms with E-state index in [1.807, 2.05) is 0 Å². The summed E-state index contributed by atoms with van der Waals surface area (Å²) >= 11 is 0. The number of hydrogen-bond acceptors (Lipinski definition) is 2. The summed E-state index contributed by atoms with van der Waals surface area (Å²) in [7, 11) is 0. The number of imidazole rings is 1. The van der Waals surface area contributed by atoms with Crippen molar-refractivity contribution in [1.82, 2.24) is 9.55 Å². The zero-order valence-electron chi connectivity index (χ0n) is 8.11. The first-order valence-electron chi connectivity index (χ1n) is 4.41. The minimum absolute atomic E-state index is 0.0128. The summed E-state index contributed by atoms with van der Waals surface area (Å²) in [6.07, 6.45) is 4.13. The van der Waals surface area contributed by atoms with E-state index in [9.17, 15) is 8.78 Å². The number of hydrogen-bond donors (Lipinski definition) is 2. The van der Waals surface area contributed by atoms with Crippen LogP contribution < -0.4 is 5.73 Å². The number of aromatic nitrogens is 2. The van der Waals surface area contributed by atoms with Gasteiger partial charge in [-0.2, -0.15) is 0 Å². The molecule has 6 heteroatoms. The smallest absolute Gasteiger partial charge is 0.150 e. The molecule has 4 nitrogen and oxygen atoms in total. The Kier molecular flexibility index (Phi) is 2.40. The Bertz CT molecular complexity index is 511. The molecule has 0 saturated carbocycles. The maximum Gasteiger partial charge on any atom is 0.150 e. The van der Waals surface area contributed by atoms with Crippen molar-refractivity contribution in [3.63, 3.8) is 0 Å². The molecule has 0 unspecified atom stereocenters. The molecule has 0 spiro atoms. The molecule has 1 aromatic carbocycles. The molecule has 0 atom stereocenters. The summed E-state index contributed by atoms with van der Waals surface area (Å²) in [5.41, 5.74) is 4.93. The largest absolute Gasteiger partial charge is 0.384 e. The van der Waals surface area contributed by atoms with Gasteiger partial charge >= 0.3 is 0 Å². The second-order valence-electron chi connectivity index (χ2n) is 3.17. The van der Waals surface area contributed by atoms with Crippen LogP contribution in [0.1, 0.15) is 5.56 Å². The molecule has 0 amide bonds. The molecule has 0 fully saturated rings.